The molecule has 1 rings (SSSR count). The number of aliphatic imine (C=N–C) groups is 1. The topological polar surface area (TPSA) is 40.0 Å². The molecule has 0 N–H and O–H groups in total. The standard InChI is InChI=1S/C14H21NO3/c1-5-6-7-15-10-11-8-12(16-2)14(18-4)13(9-11)17-3/h8-10H,5-7H2,1-4H3. The summed E-state index contributed by atoms with van der Waals surface area (Å²) in [6.07, 6.45) is 4.08. The molecular formula is C14H21NO3. The van der Waals surface area contributed by atoms with E-state index in [0.717, 1.165) is 24.9 Å². The first kappa shape index (κ1) is 14.4. The lowest BCUT2D eigenvalue weighted by atomic mass is 10.2. The van der Waals surface area contributed by atoms with E-state index in [1.54, 1.807) is 21.3 Å². The highest BCUT2D eigenvalue weighted by Gasteiger charge is 2.11. The minimum absolute atomic E-state index is 0.603. The van der Waals surface area contributed by atoms with Crippen molar-refractivity contribution in [2.75, 3.05) is 27.9 Å². The molecule has 1 aromatic rings. The molecule has 0 atom stereocenters. The fourth-order valence-electron chi connectivity index (χ4n) is 1.60. The van der Waals surface area contributed by atoms with Crippen molar-refractivity contribution in [3.63, 3.8) is 0 Å². The van der Waals surface area contributed by atoms with Gasteiger partial charge in [-0.3, -0.25) is 4.99 Å². The predicted octanol–water partition coefficient (Wildman–Crippen LogP) is 2.93. The van der Waals surface area contributed by atoms with Crippen LogP contribution in [0.4, 0.5) is 0 Å². The number of rotatable bonds is 7. The third kappa shape index (κ3) is 3.65. The zero-order chi connectivity index (χ0) is 13.4. The van der Waals surface area contributed by atoms with Crippen LogP contribution in [0, 0.1) is 0 Å². The van der Waals surface area contributed by atoms with E-state index in [-0.39, 0.29) is 0 Å². The first-order valence-corrected chi connectivity index (χ1v) is 6.06. The average molecular weight is 251 g/mol. The molecule has 0 unspecified atom stereocenters. The van der Waals surface area contributed by atoms with Crippen LogP contribution in [0.15, 0.2) is 17.1 Å². The molecule has 18 heavy (non-hydrogen) atoms. The monoisotopic (exact) mass is 251 g/mol. The van der Waals surface area contributed by atoms with E-state index in [4.69, 9.17) is 14.2 Å². The molecule has 4 heteroatoms. The van der Waals surface area contributed by atoms with E-state index in [1.165, 1.54) is 0 Å². The van der Waals surface area contributed by atoms with Gasteiger partial charge in [-0.2, -0.15) is 0 Å². The zero-order valence-electron chi connectivity index (χ0n) is 11.5. The molecule has 0 aromatic heterocycles. The Labute approximate surface area is 109 Å². The Kier molecular flexibility index (Phi) is 6.05. The average Bonchev–Trinajstić information content (AvgIpc) is 2.42. The molecule has 0 bridgehead atoms. The molecule has 0 radical (unpaired) electrons. The molecule has 4 nitrogen and oxygen atoms in total. The number of hydrogen-bond donors (Lipinski definition) is 0. The molecule has 0 heterocycles. The van der Waals surface area contributed by atoms with Gasteiger partial charge in [-0.25, -0.2) is 0 Å². The van der Waals surface area contributed by atoms with E-state index in [0.29, 0.717) is 17.2 Å². The van der Waals surface area contributed by atoms with Crippen LogP contribution in [0.1, 0.15) is 25.3 Å². The van der Waals surface area contributed by atoms with Gasteiger partial charge in [0.2, 0.25) is 5.75 Å². The third-order valence-corrected chi connectivity index (χ3v) is 2.57. The first-order valence-electron chi connectivity index (χ1n) is 6.06. The highest BCUT2D eigenvalue weighted by molar-refractivity contribution is 5.82. The molecule has 100 valence electrons. The van der Waals surface area contributed by atoms with E-state index in [1.807, 2.05) is 18.3 Å². The van der Waals surface area contributed by atoms with E-state index >= 15 is 0 Å². The summed E-state index contributed by atoms with van der Waals surface area (Å²) < 4.78 is 15.8. The van der Waals surface area contributed by atoms with Crippen molar-refractivity contribution in [3.8, 4) is 17.2 Å². The Bertz CT molecular complexity index is 377. The van der Waals surface area contributed by atoms with Crippen LogP contribution >= 0.6 is 0 Å². The van der Waals surface area contributed by atoms with Gasteiger partial charge >= 0.3 is 0 Å². The molecule has 0 aliphatic carbocycles. The van der Waals surface area contributed by atoms with Crippen LogP contribution in [0.2, 0.25) is 0 Å². The molecule has 0 aliphatic heterocycles. The minimum Gasteiger partial charge on any atom is -0.493 e. The Morgan fingerprint density at radius 2 is 1.67 bits per heavy atom. The smallest absolute Gasteiger partial charge is 0.203 e. The summed E-state index contributed by atoms with van der Waals surface area (Å²) in [5.74, 6) is 1.90. The first-order chi connectivity index (χ1) is 8.76. The second kappa shape index (κ2) is 7.58. The van der Waals surface area contributed by atoms with Crippen molar-refractivity contribution < 1.29 is 14.2 Å². The second-order valence-corrected chi connectivity index (χ2v) is 3.85. The van der Waals surface area contributed by atoms with Crippen molar-refractivity contribution >= 4 is 6.21 Å². The number of ether oxygens (including phenoxy) is 3. The number of unbranched alkanes of at least 4 members (excludes halogenated alkanes) is 1. The summed E-state index contributed by atoms with van der Waals surface area (Å²) in [5.41, 5.74) is 0.945. The SMILES string of the molecule is CCCCN=Cc1cc(OC)c(OC)c(OC)c1. The van der Waals surface area contributed by atoms with Crippen LogP contribution in [-0.2, 0) is 0 Å². The molecule has 1 aromatic carbocycles. The van der Waals surface area contributed by atoms with Crippen LogP contribution in [0.5, 0.6) is 17.2 Å². The second-order valence-electron chi connectivity index (χ2n) is 3.85. The molecule has 0 spiro atoms. The highest BCUT2D eigenvalue weighted by atomic mass is 16.5. The number of methoxy groups -OCH3 is 3. The van der Waals surface area contributed by atoms with Crippen molar-refractivity contribution in [3.05, 3.63) is 17.7 Å². The summed E-state index contributed by atoms with van der Waals surface area (Å²) in [4.78, 5) is 4.36. The predicted molar refractivity (Wildman–Crippen MR) is 73.5 cm³/mol. The van der Waals surface area contributed by atoms with Gasteiger partial charge in [0.1, 0.15) is 0 Å². The lowest BCUT2D eigenvalue weighted by Gasteiger charge is -2.12. The largest absolute Gasteiger partial charge is 0.493 e. The van der Waals surface area contributed by atoms with Gasteiger partial charge in [-0.1, -0.05) is 13.3 Å². The van der Waals surface area contributed by atoms with Crippen LogP contribution in [0.25, 0.3) is 0 Å². The molecule has 0 saturated heterocycles. The number of benzene rings is 1. The zero-order valence-corrected chi connectivity index (χ0v) is 11.5. The Morgan fingerprint density at radius 1 is 1.06 bits per heavy atom. The van der Waals surface area contributed by atoms with Crippen molar-refractivity contribution in [2.24, 2.45) is 4.99 Å². The normalized spacial score (nSPS) is 10.7. The minimum atomic E-state index is 0.603. The van der Waals surface area contributed by atoms with E-state index in [9.17, 15) is 0 Å². The Balaban J connectivity index is 2.96. The molecular weight excluding hydrogens is 230 g/mol. The van der Waals surface area contributed by atoms with Crippen molar-refractivity contribution in [2.45, 2.75) is 19.8 Å². The molecule has 0 saturated carbocycles. The van der Waals surface area contributed by atoms with Gasteiger partial charge in [0.25, 0.3) is 0 Å². The summed E-state index contributed by atoms with van der Waals surface area (Å²) >= 11 is 0. The van der Waals surface area contributed by atoms with Gasteiger partial charge in [0.15, 0.2) is 11.5 Å². The molecule has 0 fully saturated rings. The maximum absolute atomic E-state index is 5.28. The van der Waals surface area contributed by atoms with Crippen LogP contribution < -0.4 is 14.2 Å². The number of nitrogens with zero attached hydrogens (tertiary/aromatic N) is 1. The van der Waals surface area contributed by atoms with Gasteiger partial charge < -0.3 is 14.2 Å². The van der Waals surface area contributed by atoms with E-state index in [2.05, 4.69) is 11.9 Å². The third-order valence-electron chi connectivity index (χ3n) is 2.57. The van der Waals surface area contributed by atoms with E-state index < -0.39 is 0 Å². The summed E-state index contributed by atoms with van der Waals surface area (Å²) in [5, 5.41) is 0. The van der Waals surface area contributed by atoms with Gasteiger partial charge in [0, 0.05) is 12.8 Å². The van der Waals surface area contributed by atoms with Gasteiger partial charge in [-0.15, -0.1) is 0 Å². The lowest BCUT2D eigenvalue weighted by Crippen LogP contribution is -1.97. The molecule has 0 amide bonds. The summed E-state index contributed by atoms with van der Waals surface area (Å²) in [7, 11) is 4.81. The van der Waals surface area contributed by atoms with Crippen LogP contribution in [-0.4, -0.2) is 34.1 Å². The Hall–Kier alpha value is -1.71. The highest BCUT2D eigenvalue weighted by Crippen LogP contribution is 2.37. The summed E-state index contributed by atoms with van der Waals surface area (Å²) in [6, 6.07) is 3.77. The van der Waals surface area contributed by atoms with Crippen LogP contribution in [0.3, 0.4) is 0 Å². The maximum Gasteiger partial charge on any atom is 0.203 e. The fraction of sp³-hybridized carbons (Fsp3) is 0.500. The van der Waals surface area contributed by atoms with Gasteiger partial charge in [0.05, 0.1) is 21.3 Å². The lowest BCUT2D eigenvalue weighted by molar-refractivity contribution is 0.324. The van der Waals surface area contributed by atoms with Gasteiger partial charge in [-0.05, 0) is 24.1 Å². The molecule has 0 aliphatic rings. The summed E-state index contributed by atoms with van der Waals surface area (Å²) in [6.45, 7) is 2.99. The maximum atomic E-state index is 5.28. The Morgan fingerprint density at radius 3 is 2.11 bits per heavy atom. The van der Waals surface area contributed by atoms with Crippen molar-refractivity contribution in [1.82, 2.24) is 0 Å². The number of hydrogen-bond acceptors (Lipinski definition) is 4. The van der Waals surface area contributed by atoms with Crippen molar-refractivity contribution in [1.29, 1.82) is 0 Å². The quantitative estimate of drug-likeness (QED) is 0.552. The fourth-order valence-corrected chi connectivity index (χ4v) is 1.60.